The lowest BCUT2D eigenvalue weighted by Gasteiger charge is -2.11. The second-order valence-corrected chi connectivity index (χ2v) is 3.09. The van der Waals surface area contributed by atoms with Gasteiger partial charge in [0, 0.05) is 20.2 Å². The van der Waals surface area contributed by atoms with Crippen LogP contribution in [0.1, 0.15) is 17.4 Å². The Hall–Kier alpha value is -1.46. The summed E-state index contributed by atoms with van der Waals surface area (Å²) in [5, 5.41) is 5.87. The molecule has 4 nitrogen and oxygen atoms in total. The SMILES string of the molecule is Cn1nccc1C(=O)NCC(C)(F)F. The number of nitrogens with one attached hydrogen (secondary N) is 1. The maximum Gasteiger partial charge on any atom is 0.269 e. The maximum atomic E-state index is 12.4. The zero-order chi connectivity index (χ0) is 10.8. The van der Waals surface area contributed by atoms with Gasteiger partial charge in [0.15, 0.2) is 0 Å². The number of halogens is 2. The molecule has 14 heavy (non-hydrogen) atoms. The van der Waals surface area contributed by atoms with Crippen molar-refractivity contribution in [2.24, 2.45) is 7.05 Å². The van der Waals surface area contributed by atoms with Gasteiger partial charge in [0.05, 0.1) is 6.54 Å². The van der Waals surface area contributed by atoms with Crippen molar-refractivity contribution in [1.29, 1.82) is 0 Å². The molecule has 0 saturated carbocycles. The van der Waals surface area contributed by atoms with Crippen LogP contribution in [0.2, 0.25) is 0 Å². The predicted molar refractivity (Wildman–Crippen MR) is 46.2 cm³/mol. The summed E-state index contributed by atoms with van der Waals surface area (Å²) in [5.74, 6) is -3.44. The van der Waals surface area contributed by atoms with E-state index >= 15 is 0 Å². The Kier molecular flexibility index (Phi) is 2.83. The van der Waals surface area contributed by atoms with Crippen molar-refractivity contribution in [3.63, 3.8) is 0 Å². The molecule has 1 N–H and O–H groups in total. The zero-order valence-corrected chi connectivity index (χ0v) is 7.92. The van der Waals surface area contributed by atoms with Crippen molar-refractivity contribution in [2.45, 2.75) is 12.8 Å². The number of nitrogens with zero attached hydrogens (tertiary/aromatic N) is 2. The predicted octanol–water partition coefficient (Wildman–Crippen LogP) is 0.805. The highest BCUT2D eigenvalue weighted by Gasteiger charge is 2.22. The number of hydrogen-bond acceptors (Lipinski definition) is 2. The van der Waals surface area contributed by atoms with Gasteiger partial charge in [-0.05, 0) is 6.07 Å². The molecule has 0 unspecified atom stereocenters. The average Bonchev–Trinajstić information content (AvgIpc) is 2.46. The Morgan fingerprint density at radius 2 is 2.36 bits per heavy atom. The van der Waals surface area contributed by atoms with Crippen LogP contribution in [0.4, 0.5) is 8.78 Å². The summed E-state index contributed by atoms with van der Waals surface area (Å²) in [6.07, 6.45) is 1.43. The van der Waals surface area contributed by atoms with Gasteiger partial charge in [-0.1, -0.05) is 0 Å². The van der Waals surface area contributed by atoms with Crippen molar-refractivity contribution in [3.05, 3.63) is 18.0 Å². The summed E-state index contributed by atoms with van der Waals surface area (Å²) in [5.41, 5.74) is 0.259. The van der Waals surface area contributed by atoms with Crippen molar-refractivity contribution in [2.75, 3.05) is 6.54 Å². The zero-order valence-electron chi connectivity index (χ0n) is 7.92. The van der Waals surface area contributed by atoms with Crippen LogP contribution in [0, 0.1) is 0 Å². The van der Waals surface area contributed by atoms with Gasteiger partial charge in [0.1, 0.15) is 5.69 Å². The van der Waals surface area contributed by atoms with Crippen LogP contribution in [0.15, 0.2) is 12.3 Å². The first kappa shape index (κ1) is 10.6. The molecule has 1 aromatic heterocycles. The highest BCUT2D eigenvalue weighted by molar-refractivity contribution is 5.92. The first-order valence-electron chi connectivity index (χ1n) is 4.04. The van der Waals surface area contributed by atoms with E-state index in [0.29, 0.717) is 0 Å². The number of rotatable bonds is 3. The van der Waals surface area contributed by atoms with E-state index < -0.39 is 18.4 Å². The van der Waals surface area contributed by atoms with Crippen LogP contribution < -0.4 is 5.32 Å². The van der Waals surface area contributed by atoms with E-state index in [0.717, 1.165) is 6.92 Å². The van der Waals surface area contributed by atoms with E-state index in [2.05, 4.69) is 10.4 Å². The van der Waals surface area contributed by atoms with E-state index in [4.69, 9.17) is 0 Å². The fourth-order valence-corrected chi connectivity index (χ4v) is 0.923. The van der Waals surface area contributed by atoms with Crippen molar-refractivity contribution < 1.29 is 13.6 Å². The van der Waals surface area contributed by atoms with Crippen molar-refractivity contribution in [3.8, 4) is 0 Å². The number of aromatic nitrogens is 2. The molecule has 0 bridgehead atoms. The quantitative estimate of drug-likeness (QED) is 0.790. The van der Waals surface area contributed by atoms with Gasteiger partial charge in [0.25, 0.3) is 11.8 Å². The van der Waals surface area contributed by atoms with Crippen LogP contribution in [-0.4, -0.2) is 28.2 Å². The molecule has 0 radical (unpaired) electrons. The Labute approximate surface area is 79.9 Å². The average molecular weight is 203 g/mol. The second kappa shape index (κ2) is 3.73. The molecule has 1 aromatic rings. The van der Waals surface area contributed by atoms with Gasteiger partial charge in [-0.25, -0.2) is 8.78 Å². The number of alkyl halides is 2. The molecule has 0 aliphatic rings. The summed E-state index contributed by atoms with van der Waals surface area (Å²) in [4.78, 5) is 11.3. The summed E-state index contributed by atoms with van der Waals surface area (Å²) >= 11 is 0. The fourth-order valence-electron chi connectivity index (χ4n) is 0.923. The third kappa shape index (κ3) is 2.79. The van der Waals surface area contributed by atoms with Gasteiger partial charge in [-0.2, -0.15) is 5.10 Å². The maximum absolute atomic E-state index is 12.4. The van der Waals surface area contributed by atoms with Crippen LogP contribution in [0.5, 0.6) is 0 Å². The molecule has 0 atom stereocenters. The minimum atomic E-state index is -2.89. The lowest BCUT2D eigenvalue weighted by atomic mass is 10.3. The number of carbonyl (C=O) groups excluding carboxylic acids is 1. The molecule has 0 spiro atoms. The lowest BCUT2D eigenvalue weighted by molar-refractivity contribution is 0.0219. The van der Waals surface area contributed by atoms with Gasteiger partial charge < -0.3 is 5.32 Å². The molecule has 0 fully saturated rings. The molecule has 0 aliphatic carbocycles. The molecule has 1 amide bonds. The minimum absolute atomic E-state index is 0.259. The highest BCUT2D eigenvalue weighted by Crippen LogP contribution is 2.09. The topological polar surface area (TPSA) is 46.9 Å². The standard InChI is InChI=1S/C8H11F2N3O/c1-8(9,10)5-11-7(14)6-3-4-12-13(6)2/h3-4H,5H2,1-2H3,(H,11,14). The van der Waals surface area contributed by atoms with Crippen LogP contribution in [0.3, 0.4) is 0 Å². The Balaban J connectivity index is 2.56. The number of carbonyl (C=O) groups is 1. The number of aryl methyl sites for hydroxylation is 1. The molecular formula is C8H11F2N3O. The summed E-state index contributed by atoms with van der Waals surface area (Å²) in [6, 6.07) is 1.46. The van der Waals surface area contributed by atoms with Crippen LogP contribution in [-0.2, 0) is 7.05 Å². The Bertz CT molecular complexity index is 330. The molecule has 0 saturated heterocycles. The van der Waals surface area contributed by atoms with Gasteiger partial charge in [-0.15, -0.1) is 0 Å². The van der Waals surface area contributed by atoms with E-state index in [-0.39, 0.29) is 5.69 Å². The van der Waals surface area contributed by atoms with E-state index in [9.17, 15) is 13.6 Å². The lowest BCUT2D eigenvalue weighted by Crippen LogP contribution is -2.35. The second-order valence-electron chi connectivity index (χ2n) is 3.09. The normalized spacial score (nSPS) is 11.4. The third-order valence-electron chi connectivity index (χ3n) is 1.61. The van der Waals surface area contributed by atoms with Crippen LogP contribution >= 0.6 is 0 Å². The number of amides is 1. The molecule has 0 aliphatic heterocycles. The first-order valence-corrected chi connectivity index (χ1v) is 4.04. The van der Waals surface area contributed by atoms with E-state index in [1.807, 2.05) is 0 Å². The van der Waals surface area contributed by atoms with E-state index in [1.54, 1.807) is 7.05 Å². The summed E-state index contributed by atoms with van der Waals surface area (Å²) in [6.45, 7) is 0.0769. The Morgan fingerprint density at radius 1 is 1.71 bits per heavy atom. The molecule has 6 heteroatoms. The van der Waals surface area contributed by atoms with Crippen LogP contribution in [0.25, 0.3) is 0 Å². The summed E-state index contributed by atoms with van der Waals surface area (Å²) in [7, 11) is 1.57. The largest absolute Gasteiger partial charge is 0.345 e. The molecular weight excluding hydrogens is 192 g/mol. The monoisotopic (exact) mass is 203 g/mol. The van der Waals surface area contributed by atoms with Gasteiger partial charge >= 0.3 is 0 Å². The highest BCUT2D eigenvalue weighted by atomic mass is 19.3. The van der Waals surface area contributed by atoms with Crippen molar-refractivity contribution in [1.82, 2.24) is 15.1 Å². The number of hydrogen-bond donors (Lipinski definition) is 1. The molecule has 78 valence electrons. The van der Waals surface area contributed by atoms with Crippen molar-refractivity contribution >= 4 is 5.91 Å². The molecule has 1 rings (SSSR count). The molecule has 1 heterocycles. The smallest absolute Gasteiger partial charge is 0.269 e. The summed E-state index contributed by atoms with van der Waals surface area (Å²) < 4.78 is 26.1. The molecule has 0 aromatic carbocycles. The van der Waals surface area contributed by atoms with E-state index in [1.165, 1.54) is 16.9 Å². The minimum Gasteiger partial charge on any atom is -0.345 e. The third-order valence-corrected chi connectivity index (χ3v) is 1.61. The van der Waals surface area contributed by atoms with Gasteiger partial charge in [-0.3, -0.25) is 9.48 Å². The fraction of sp³-hybridized carbons (Fsp3) is 0.500. The first-order chi connectivity index (χ1) is 6.40. The Morgan fingerprint density at radius 3 is 2.79 bits per heavy atom. The van der Waals surface area contributed by atoms with Gasteiger partial charge in [0.2, 0.25) is 0 Å².